The van der Waals surface area contributed by atoms with Crippen LogP contribution in [0.5, 0.6) is 0 Å². The highest BCUT2D eigenvalue weighted by atomic mass is 79.9. The van der Waals surface area contributed by atoms with Gasteiger partial charge in [-0.2, -0.15) is 11.3 Å². The van der Waals surface area contributed by atoms with E-state index >= 15 is 0 Å². The van der Waals surface area contributed by atoms with Gasteiger partial charge in [0.25, 0.3) is 15.9 Å². The summed E-state index contributed by atoms with van der Waals surface area (Å²) in [5, 5.41) is 6.97. The first kappa shape index (κ1) is 21.5. The Morgan fingerprint density at radius 1 is 1.17 bits per heavy atom. The molecule has 29 heavy (non-hydrogen) atoms. The first-order chi connectivity index (χ1) is 13.7. The third-order valence-electron chi connectivity index (χ3n) is 4.27. The summed E-state index contributed by atoms with van der Waals surface area (Å²) in [5.41, 5.74) is 2.84. The lowest BCUT2D eigenvalue weighted by atomic mass is 10.1. The van der Waals surface area contributed by atoms with Crippen molar-refractivity contribution in [1.29, 1.82) is 0 Å². The largest absolute Gasteiger partial charge is 0.349 e. The number of carbonyl (C=O) groups excluding carboxylic acids is 1. The van der Waals surface area contributed by atoms with E-state index in [4.69, 9.17) is 0 Å². The van der Waals surface area contributed by atoms with Crippen molar-refractivity contribution in [2.24, 2.45) is 0 Å². The highest BCUT2D eigenvalue weighted by molar-refractivity contribution is 9.10. The van der Waals surface area contributed by atoms with Crippen molar-refractivity contribution >= 4 is 48.9 Å². The molecule has 1 amide bonds. The monoisotopic (exact) mass is 492 g/mol. The molecule has 2 N–H and O–H groups in total. The number of thiophene rings is 1. The molecule has 0 fully saturated rings. The number of sulfonamides is 1. The van der Waals surface area contributed by atoms with Gasteiger partial charge in [0.1, 0.15) is 0 Å². The highest BCUT2D eigenvalue weighted by Crippen LogP contribution is 2.26. The fourth-order valence-electron chi connectivity index (χ4n) is 2.85. The molecule has 152 valence electrons. The molecule has 0 saturated heterocycles. The summed E-state index contributed by atoms with van der Waals surface area (Å²) in [7, 11) is -3.84. The number of nitrogens with one attached hydrogen (secondary N) is 2. The molecule has 1 unspecified atom stereocenters. The minimum atomic E-state index is -3.84. The molecule has 0 aliphatic rings. The molecular weight excluding hydrogens is 472 g/mol. The molecule has 1 aromatic heterocycles. The maximum absolute atomic E-state index is 12.8. The van der Waals surface area contributed by atoms with Gasteiger partial charge in [0.2, 0.25) is 0 Å². The average Bonchev–Trinajstić information content (AvgIpc) is 3.17. The molecule has 2 aromatic carbocycles. The topological polar surface area (TPSA) is 75.3 Å². The van der Waals surface area contributed by atoms with Gasteiger partial charge in [-0.05, 0) is 94.5 Å². The van der Waals surface area contributed by atoms with E-state index in [0.717, 1.165) is 17.5 Å². The lowest BCUT2D eigenvalue weighted by molar-refractivity contribution is 0.0940. The van der Waals surface area contributed by atoms with Crippen LogP contribution in [0.25, 0.3) is 0 Å². The van der Waals surface area contributed by atoms with Gasteiger partial charge in [0.15, 0.2) is 0 Å². The molecule has 0 bridgehead atoms. The van der Waals surface area contributed by atoms with Crippen molar-refractivity contribution in [3.63, 3.8) is 0 Å². The summed E-state index contributed by atoms with van der Waals surface area (Å²) in [6.45, 7) is 3.81. The Balaban J connectivity index is 1.75. The third kappa shape index (κ3) is 5.68. The van der Waals surface area contributed by atoms with E-state index in [2.05, 4.69) is 26.0 Å². The van der Waals surface area contributed by atoms with Crippen LogP contribution in [0, 0.1) is 6.92 Å². The summed E-state index contributed by atoms with van der Waals surface area (Å²) in [4.78, 5) is 12.6. The van der Waals surface area contributed by atoms with Gasteiger partial charge in [-0.15, -0.1) is 0 Å². The van der Waals surface area contributed by atoms with E-state index in [1.165, 1.54) is 12.1 Å². The van der Waals surface area contributed by atoms with Gasteiger partial charge < -0.3 is 5.32 Å². The van der Waals surface area contributed by atoms with E-state index in [-0.39, 0.29) is 16.8 Å². The zero-order valence-electron chi connectivity index (χ0n) is 16.0. The number of halogens is 1. The van der Waals surface area contributed by atoms with Crippen LogP contribution in [-0.4, -0.2) is 20.4 Å². The maximum atomic E-state index is 12.8. The van der Waals surface area contributed by atoms with Gasteiger partial charge in [0.05, 0.1) is 10.6 Å². The second kappa shape index (κ2) is 9.11. The first-order valence-electron chi connectivity index (χ1n) is 8.95. The Kier molecular flexibility index (Phi) is 6.77. The van der Waals surface area contributed by atoms with Crippen molar-refractivity contribution < 1.29 is 13.2 Å². The second-order valence-corrected chi connectivity index (χ2v) is 10.1. The van der Waals surface area contributed by atoms with Crippen LogP contribution in [0.2, 0.25) is 0 Å². The normalized spacial score (nSPS) is 12.4. The van der Waals surface area contributed by atoms with Gasteiger partial charge in [-0.25, -0.2) is 8.42 Å². The van der Waals surface area contributed by atoms with Gasteiger partial charge >= 0.3 is 0 Å². The molecule has 0 radical (unpaired) electrons. The SMILES string of the molecule is Cc1ccc(Br)c(NS(=O)(=O)c2cccc(C(=O)NC(C)Cc3ccsc3)c2)c1. The molecule has 0 spiro atoms. The fourth-order valence-corrected chi connectivity index (χ4v) is 5.12. The summed E-state index contributed by atoms with van der Waals surface area (Å²) in [6, 6.07) is 13.4. The molecule has 0 aliphatic heterocycles. The van der Waals surface area contributed by atoms with E-state index in [9.17, 15) is 13.2 Å². The van der Waals surface area contributed by atoms with Gasteiger partial charge in [-0.3, -0.25) is 9.52 Å². The molecule has 3 aromatic rings. The number of aryl methyl sites for hydroxylation is 1. The van der Waals surface area contributed by atoms with Crippen LogP contribution in [0.15, 0.2) is 68.7 Å². The van der Waals surface area contributed by atoms with Crippen LogP contribution in [0.1, 0.15) is 28.4 Å². The molecule has 1 atom stereocenters. The number of amides is 1. The molecule has 0 saturated carbocycles. The van der Waals surface area contributed by atoms with Crippen LogP contribution in [0.3, 0.4) is 0 Å². The van der Waals surface area contributed by atoms with Crippen molar-refractivity contribution in [2.75, 3.05) is 4.72 Å². The van der Waals surface area contributed by atoms with Gasteiger partial charge in [0, 0.05) is 16.1 Å². The van der Waals surface area contributed by atoms with Crippen LogP contribution < -0.4 is 10.0 Å². The summed E-state index contributed by atoms with van der Waals surface area (Å²) < 4.78 is 28.8. The fraction of sp³-hybridized carbons (Fsp3) is 0.190. The lowest BCUT2D eigenvalue weighted by Crippen LogP contribution is -2.34. The Morgan fingerprint density at radius 3 is 2.69 bits per heavy atom. The highest BCUT2D eigenvalue weighted by Gasteiger charge is 2.18. The van der Waals surface area contributed by atoms with E-state index in [1.807, 2.05) is 36.7 Å². The zero-order valence-corrected chi connectivity index (χ0v) is 19.2. The Hall–Kier alpha value is -2.16. The predicted molar refractivity (Wildman–Crippen MR) is 121 cm³/mol. The standard InChI is InChI=1S/C21H21BrN2O3S2/c1-14-6-7-19(22)20(10-14)24-29(26,27)18-5-3-4-17(12-18)21(25)23-15(2)11-16-8-9-28-13-16/h3-10,12-13,15,24H,11H2,1-2H3,(H,23,25). The second-order valence-electron chi connectivity index (χ2n) is 6.83. The Labute approximate surface area is 183 Å². The first-order valence-corrected chi connectivity index (χ1v) is 12.2. The number of anilines is 1. The summed E-state index contributed by atoms with van der Waals surface area (Å²) in [5.74, 6) is -0.304. The number of carbonyl (C=O) groups is 1. The van der Waals surface area contributed by atoms with E-state index < -0.39 is 10.0 Å². The summed E-state index contributed by atoms with van der Waals surface area (Å²) >= 11 is 4.97. The number of hydrogen-bond acceptors (Lipinski definition) is 4. The quantitative estimate of drug-likeness (QED) is 0.488. The number of benzene rings is 2. The molecule has 1 heterocycles. The third-order valence-corrected chi connectivity index (χ3v) is 7.06. The minimum absolute atomic E-state index is 0.0315. The van der Waals surface area contributed by atoms with Crippen LogP contribution >= 0.6 is 27.3 Å². The van der Waals surface area contributed by atoms with Crippen molar-refractivity contribution in [2.45, 2.75) is 31.2 Å². The van der Waals surface area contributed by atoms with Crippen LogP contribution in [0.4, 0.5) is 5.69 Å². The van der Waals surface area contributed by atoms with Crippen molar-refractivity contribution in [3.05, 3.63) is 80.5 Å². The molecule has 8 heteroatoms. The lowest BCUT2D eigenvalue weighted by Gasteiger charge is -2.14. The van der Waals surface area contributed by atoms with E-state index in [0.29, 0.717) is 15.7 Å². The number of hydrogen-bond donors (Lipinski definition) is 2. The smallest absolute Gasteiger partial charge is 0.261 e. The average molecular weight is 493 g/mol. The Bertz CT molecular complexity index is 1110. The van der Waals surface area contributed by atoms with Crippen molar-refractivity contribution in [3.8, 4) is 0 Å². The molecule has 0 aliphatic carbocycles. The minimum Gasteiger partial charge on any atom is -0.349 e. The predicted octanol–water partition coefficient (Wildman–Crippen LogP) is 4.98. The number of rotatable bonds is 7. The zero-order chi connectivity index (χ0) is 21.0. The summed E-state index contributed by atoms with van der Waals surface area (Å²) in [6.07, 6.45) is 0.718. The molecular formula is C21H21BrN2O3S2. The van der Waals surface area contributed by atoms with Gasteiger partial charge in [-0.1, -0.05) is 12.1 Å². The molecule has 5 nitrogen and oxygen atoms in total. The maximum Gasteiger partial charge on any atom is 0.261 e. The Morgan fingerprint density at radius 2 is 1.97 bits per heavy atom. The van der Waals surface area contributed by atoms with Crippen molar-refractivity contribution in [1.82, 2.24) is 5.32 Å². The molecule has 3 rings (SSSR count). The van der Waals surface area contributed by atoms with E-state index in [1.54, 1.807) is 35.6 Å². The van der Waals surface area contributed by atoms with Crippen LogP contribution in [-0.2, 0) is 16.4 Å².